The Morgan fingerprint density at radius 2 is 2.23 bits per heavy atom. The van der Waals surface area contributed by atoms with Crippen LogP contribution in [0.25, 0.3) is 0 Å². The lowest BCUT2D eigenvalue weighted by atomic mass is 10.1. The van der Waals surface area contributed by atoms with E-state index in [9.17, 15) is 9.18 Å². The fourth-order valence-electron chi connectivity index (χ4n) is 1.40. The van der Waals surface area contributed by atoms with Gasteiger partial charge in [0.25, 0.3) is 0 Å². The number of carbonyl (C=O) groups excluding carboxylic acids is 1. The molecule has 5 heteroatoms. The maximum Gasteiger partial charge on any atom is 0.239 e. The van der Waals surface area contributed by atoms with Gasteiger partial charge >= 0.3 is 0 Å². The van der Waals surface area contributed by atoms with Gasteiger partial charge in [0.05, 0.1) is 12.6 Å². The molecule has 0 aliphatic carbocycles. The summed E-state index contributed by atoms with van der Waals surface area (Å²) in [6.45, 7) is 3.82. The minimum Gasteiger partial charge on any atom is -0.338 e. The number of nitrogens with two attached hydrogens (primary N) is 1. The third-order valence-electron chi connectivity index (χ3n) is 2.12. The van der Waals surface area contributed by atoms with Crippen LogP contribution in [0.5, 0.6) is 0 Å². The molecule has 1 amide bonds. The van der Waals surface area contributed by atoms with Crippen LogP contribution >= 0.6 is 12.4 Å². The third-order valence-corrected chi connectivity index (χ3v) is 2.12. The number of hydrogen-bond donors (Lipinski definition) is 1. The monoisotopic (exact) mass is 210 g/mol. The van der Waals surface area contributed by atoms with Crippen molar-refractivity contribution in [3.05, 3.63) is 0 Å². The SMILES string of the molecule is CC(N)C(=O)N1CCC(C)(F)C1.Cl. The molecule has 1 saturated heterocycles. The molecular weight excluding hydrogens is 195 g/mol. The van der Waals surface area contributed by atoms with E-state index in [1.807, 2.05) is 0 Å². The summed E-state index contributed by atoms with van der Waals surface area (Å²) in [5, 5.41) is 0. The van der Waals surface area contributed by atoms with Crippen LogP contribution in [0, 0.1) is 0 Å². The molecule has 0 saturated carbocycles. The van der Waals surface area contributed by atoms with E-state index in [0.29, 0.717) is 13.0 Å². The molecule has 0 aromatic heterocycles. The van der Waals surface area contributed by atoms with Gasteiger partial charge in [0.15, 0.2) is 0 Å². The van der Waals surface area contributed by atoms with Gasteiger partial charge in [0, 0.05) is 13.0 Å². The summed E-state index contributed by atoms with van der Waals surface area (Å²) in [5.41, 5.74) is 4.17. The molecule has 2 atom stereocenters. The first-order valence-corrected chi connectivity index (χ1v) is 4.16. The first-order valence-electron chi connectivity index (χ1n) is 4.16. The second-order valence-electron chi connectivity index (χ2n) is 3.71. The minimum absolute atomic E-state index is 0. The summed E-state index contributed by atoms with van der Waals surface area (Å²) >= 11 is 0. The Kier molecular flexibility index (Phi) is 4.13. The molecule has 0 aromatic rings. The highest BCUT2D eigenvalue weighted by atomic mass is 35.5. The molecule has 1 rings (SSSR count). The van der Waals surface area contributed by atoms with Gasteiger partial charge < -0.3 is 10.6 Å². The predicted octanol–water partition coefficient (Wildman–Crippen LogP) is 0.716. The maximum absolute atomic E-state index is 13.3. The number of hydrogen-bond acceptors (Lipinski definition) is 2. The number of nitrogens with zero attached hydrogens (tertiary/aromatic N) is 1. The van der Waals surface area contributed by atoms with Crippen LogP contribution in [-0.2, 0) is 4.79 Å². The molecule has 1 aliphatic rings. The molecule has 3 nitrogen and oxygen atoms in total. The van der Waals surface area contributed by atoms with E-state index in [-0.39, 0.29) is 24.9 Å². The second-order valence-corrected chi connectivity index (χ2v) is 3.71. The van der Waals surface area contributed by atoms with E-state index < -0.39 is 11.7 Å². The van der Waals surface area contributed by atoms with Crippen LogP contribution in [0.15, 0.2) is 0 Å². The Morgan fingerprint density at radius 1 is 1.69 bits per heavy atom. The Morgan fingerprint density at radius 3 is 2.54 bits per heavy atom. The topological polar surface area (TPSA) is 46.3 Å². The number of halogens is 2. The van der Waals surface area contributed by atoms with Crippen molar-refractivity contribution in [2.45, 2.75) is 32.0 Å². The zero-order valence-electron chi connectivity index (χ0n) is 7.92. The Hall–Kier alpha value is -0.350. The van der Waals surface area contributed by atoms with Crippen LogP contribution < -0.4 is 5.73 Å². The van der Waals surface area contributed by atoms with Crippen molar-refractivity contribution in [3.8, 4) is 0 Å². The summed E-state index contributed by atoms with van der Waals surface area (Å²) in [6.07, 6.45) is 0.422. The van der Waals surface area contributed by atoms with E-state index in [0.717, 1.165) is 0 Å². The normalized spacial score (nSPS) is 29.7. The number of rotatable bonds is 1. The number of likely N-dealkylation sites (tertiary alicyclic amines) is 1. The standard InChI is InChI=1S/C8H15FN2O.ClH/c1-6(10)7(12)11-4-3-8(2,9)5-11;/h6H,3-5,10H2,1-2H3;1H. The zero-order valence-corrected chi connectivity index (χ0v) is 8.73. The molecule has 2 N–H and O–H groups in total. The molecule has 1 fully saturated rings. The predicted molar refractivity (Wildman–Crippen MR) is 51.6 cm³/mol. The molecule has 1 heterocycles. The van der Waals surface area contributed by atoms with Crippen LogP contribution in [0.1, 0.15) is 20.3 Å². The highest BCUT2D eigenvalue weighted by molar-refractivity contribution is 5.85. The number of alkyl halides is 1. The van der Waals surface area contributed by atoms with Gasteiger partial charge in [-0.3, -0.25) is 4.79 Å². The van der Waals surface area contributed by atoms with Crippen molar-refractivity contribution in [2.24, 2.45) is 5.73 Å². The zero-order chi connectivity index (χ0) is 9.35. The van der Waals surface area contributed by atoms with Crippen molar-refractivity contribution in [1.29, 1.82) is 0 Å². The fourth-order valence-corrected chi connectivity index (χ4v) is 1.40. The van der Waals surface area contributed by atoms with Gasteiger partial charge in [0.1, 0.15) is 5.67 Å². The van der Waals surface area contributed by atoms with Gasteiger partial charge in [-0.05, 0) is 13.8 Å². The molecule has 1 aliphatic heterocycles. The molecule has 2 unspecified atom stereocenters. The van der Waals surface area contributed by atoms with Crippen molar-refractivity contribution >= 4 is 18.3 Å². The lowest BCUT2D eigenvalue weighted by Gasteiger charge is -2.19. The highest BCUT2D eigenvalue weighted by Crippen LogP contribution is 2.24. The molecular formula is C8H16ClFN2O. The molecule has 0 spiro atoms. The smallest absolute Gasteiger partial charge is 0.239 e. The van der Waals surface area contributed by atoms with Crippen LogP contribution in [0.4, 0.5) is 4.39 Å². The van der Waals surface area contributed by atoms with Gasteiger partial charge in [-0.2, -0.15) is 0 Å². The van der Waals surface area contributed by atoms with E-state index in [2.05, 4.69) is 0 Å². The lowest BCUT2D eigenvalue weighted by Crippen LogP contribution is -2.41. The fraction of sp³-hybridized carbons (Fsp3) is 0.875. The van der Waals surface area contributed by atoms with Crippen molar-refractivity contribution < 1.29 is 9.18 Å². The van der Waals surface area contributed by atoms with Gasteiger partial charge in [-0.25, -0.2) is 4.39 Å². The quantitative estimate of drug-likeness (QED) is 0.693. The summed E-state index contributed by atoms with van der Waals surface area (Å²) < 4.78 is 13.3. The van der Waals surface area contributed by atoms with Gasteiger partial charge in [-0.1, -0.05) is 0 Å². The molecule has 0 aromatic carbocycles. The highest BCUT2D eigenvalue weighted by Gasteiger charge is 2.36. The summed E-state index contributed by atoms with van der Waals surface area (Å²) in [6, 6.07) is -0.515. The van der Waals surface area contributed by atoms with Crippen LogP contribution in [0.2, 0.25) is 0 Å². The average Bonchev–Trinajstić information content (AvgIpc) is 2.28. The van der Waals surface area contributed by atoms with Crippen LogP contribution in [-0.4, -0.2) is 35.6 Å². The third kappa shape index (κ3) is 3.12. The first kappa shape index (κ1) is 12.7. The Balaban J connectivity index is 0.00000144. The van der Waals surface area contributed by atoms with E-state index in [1.54, 1.807) is 6.92 Å². The molecule has 0 radical (unpaired) electrons. The average molecular weight is 211 g/mol. The molecule has 0 bridgehead atoms. The molecule has 13 heavy (non-hydrogen) atoms. The second kappa shape index (κ2) is 4.24. The van der Waals surface area contributed by atoms with E-state index in [4.69, 9.17) is 5.73 Å². The van der Waals surface area contributed by atoms with Gasteiger partial charge in [0.2, 0.25) is 5.91 Å². The van der Waals surface area contributed by atoms with Crippen molar-refractivity contribution in [1.82, 2.24) is 4.90 Å². The first-order chi connectivity index (χ1) is 5.42. The summed E-state index contributed by atoms with van der Waals surface area (Å²) in [5.74, 6) is -0.156. The van der Waals surface area contributed by atoms with Crippen molar-refractivity contribution in [3.63, 3.8) is 0 Å². The van der Waals surface area contributed by atoms with Crippen LogP contribution in [0.3, 0.4) is 0 Å². The van der Waals surface area contributed by atoms with E-state index in [1.165, 1.54) is 11.8 Å². The Bertz CT molecular complexity index is 197. The molecule has 78 valence electrons. The lowest BCUT2D eigenvalue weighted by molar-refractivity contribution is -0.131. The minimum atomic E-state index is -1.22. The summed E-state index contributed by atoms with van der Waals surface area (Å²) in [4.78, 5) is 12.8. The number of amides is 1. The van der Waals surface area contributed by atoms with Gasteiger partial charge in [-0.15, -0.1) is 12.4 Å². The Labute approximate surface area is 83.9 Å². The van der Waals surface area contributed by atoms with Crippen molar-refractivity contribution in [2.75, 3.05) is 13.1 Å². The maximum atomic E-state index is 13.3. The number of carbonyl (C=O) groups is 1. The largest absolute Gasteiger partial charge is 0.338 e. The summed E-state index contributed by atoms with van der Waals surface area (Å²) in [7, 11) is 0. The van der Waals surface area contributed by atoms with E-state index >= 15 is 0 Å².